The minimum atomic E-state index is -1.35. The highest BCUT2D eigenvalue weighted by molar-refractivity contribution is 9.12. The van der Waals surface area contributed by atoms with Crippen LogP contribution in [-0.2, 0) is 25.6 Å². The molecule has 2 aromatic carbocycles. The molecule has 2 aliphatic heterocycles. The van der Waals surface area contributed by atoms with Gasteiger partial charge >= 0.3 is 5.97 Å². The van der Waals surface area contributed by atoms with Gasteiger partial charge in [-0.1, -0.05) is 11.6 Å². The Hall–Kier alpha value is -4.77. The van der Waals surface area contributed by atoms with E-state index in [4.69, 9.17) is 4.74 Å². The van der Waals surface area contributed by atoms with Crippen LogP contribution in [0.4, 0.5) is 5.69 Å². The maximum Gasteiger partial charge on any atom is 0.339 e. The second-order valence-electron chi connectivity index (χ2n) is 11.2. The molecule has 0 radical (unpaired) electrons. The number of aromatic carboxylic acids is 1. The Morgan fingerprint density at radius 2 is 1.79 bits per heavy atom. The van der Waals surface area contributed by atoms with E-state index in [0.717, 1.165) is 22.6 Å². The van der Waals surface area contributed by atoms with Gasteiger partial charge in [0.2, 0.25) is 11.8 Å². The number of nitrogens with zero attached hydrogens (tertiary/aromatic N) is 1. The molecule has 3 aliphatic carbocycles. The number of phenolic OH excluding ortho intramolecular Hbond substituents is 1. The molecule has 0 saturated carbocycles. The van der Waals surface area contributed by atoms with Gasteiger partial charge in [0, 0.05) is 41.2 Å². The molecule has 4 atom stereocenters. The van der Waals surface area contributed by atoms with E-state index in [2.05, 4.69) is 15.9 Å². The van der Waals surface area contributed by atoms with E-state index in [1.807, 2.05) is 6.08 Å². The minimum Gasteiger partial charge on any atom is -0.508 e. The molecule has 2 amide bonds. The Bertz CT molecular complexity index is 1850. The number of aromatic hydroxyl groups is 2. The van der Waals surface area contributed by atoms with Gasteiger partial charge in [-0.3, -0.25) is 19.2 Å². The number of phenols is 2. The van der Waals surface area contributed by atoms with Crippen molar-refractivity contribution >= 4 is 51.0 Å². The molecule has 2 aromatic rings. The first-order valence-corrected chi connectivity index (χ1v) is 14.3. The highest BCUT2D eigenvalue weighted by atomic mass is 79.9. The van der Waals surface area contributed by atoms with Gasteiger partial charge in [0.1, 0.15) is 22.8 Å². The zero-order chi connectivity index (χ0) is 30.3. The van der Waals surface area contributed by atoms with Gasteiger partial charge in [-0.2, -0.15) is 0 Å². The predicted octanol–water partition coefficient (Wildman–Crippen LogP) is 4.11. The summed E-state index contributed by atoms with van der Waals surface area (Å²) >= 11 is 3.21. The minimum absolute atomic E-state index is 0.0510. The van der Waals surface area contributed by atoms with Crippen LogP contribution in [0, 0.1) is 23.7 Å². The van der Waals surface area contributed by atoms with E-state index in [0.29, 0.717) is 28.9 Å². The molecule has 3 N–H and O–H groups in total. The Labute approximate surface area is 252 Å². The number of anilines is 1. The van der Waals surface area contributed by atoms with Crippen molar-refractivity contribution in [2.45, 2.75) is 19.3 Å². The average Bonchev–Trinajstić information content (AvgIpc) is 3.23. The lowest BCUT2D eigenvalue weighted by atomic mass is 9.59. The third-order valence-electron chi connectivity index (χ3n) is 8.95. The molecule has 10 nitrogen and oxygen atoms in total. The number of ether oxygens (including phenoxy) is 1. The van der Waals surface area contributed by atoms with Gasteiger partial charge in [0.25, 0.3) is 0 Å². The van der Waals surface area contributed by atoms with Crippen LogP contribution in [0.5, 0.6) is 17.2 Å². The maximum absolute atomic E-state index is 14.0. The summed E-state index contributed by atoms with van der Waals surface area (Å²) in [6.45, 7) is 0. The number of allylic oxidation sites excluding steroid dienone is 7. The number of rotatable bonds is 3. The summed E-state index contributed by atoms with van der Waals surface area (Å²) in [7, 11) is 0. The lowest BCUT2D eigenvalue weighted by molar-refractivity contribution is -0.123. The lowest BCUT2D eigenvalue weighted by Gasteiger charge is -2.43. The summed E-state index contributed by atoms with van der Waals surface area (Å²) in [5, 5.41) is 29.6. The number of amides is 2. The first-order chi connectivity index (χ1) is 20.5. The smallest absolute Gasteiger partial charge is 0.339 e. The van der Waals surface area contributed by atoms with Crippen molar-refractivity contribution in [3.8, 4) is 17.2 Å². The second-order valence-corrected chi connectivity index (χ2v) is 12.0. The summed E-state index contributed by atoms with van der Waals surface area (Å²) < 4.78 is 6.00. The molecule has 216 valence electrons. The number of carbonyl (C=O) groups excluding carboxylic acids is 4. The maximum atomic E-state index is 14.0. The van der Waals surface area contributed by atoms with Gasteiger partial charge in [-0.05, 0) is 70.6 Å². The van der Waals surface area contributed by atoms with E-state index in [1.165, 1.54) is 18.2 Å². The quantitative estimate of drug-likeness (QED) is 0.254. The summed E-state index contributed by atoms with van der Waals surface area (Å²) in [6.07, 6.45) is 5.30. The third-order valence-corrected chi connectivity index (χ3v) is 9.54. The van der Waals surface area contributed by atoms with Crippen LogP contribution in [0.15, 0.2) is 81.6 Å². The van der Waals surface area contributed by atoms with Crippen LogP contribution in [0.3, 0.4) is 0 Å². The molecule has 43 heavy (non-hydrogen) atoms. The third kappa shape index (κ3) is 4.02. The van der Waals surface area contributed by atoms with E-state index < -0.39 is 47.2 Å². The topological polar surface area (TPSA) is 159 Å². The second kappa shape index (κ2) is 9.63. The van der Waals surface area contributed by atoms with Crippen LogP contribution in [0.2, 0.25) is 0 Å². The molecular weight excluding hydrogens is 622 g/mol. The molecule has 1 fully saturated rings. The Kier molecular flexibility index (Phi) is 6.07. The number of fused-ring (bicyclic) bond motifs is 4. The van der Waals surface area contributed by atoms with Crippen molar-refractivity contribution < 1.29 is 44.0 Å². The van der Waals surface area contributed by atoms with E-state index in [1.54, 1.807) is 18.4 Å². The average molecular weight is 644 g/mol. The normalized spacial score (nSPS) is 26.1. The highest BCUT2D eigenvalue weighted by Gasteiger charge is 2.57. The number of hydrogen-bond donors (Lipinski definition) is 3. The largest absolute Gasteiger partial charge is 0.508 e. The Morgan fingerprint density at radius 1 is 1.00 bits per heavy atom. The molecular formula is C32H22BrNO9. The van der Waals surface area contributed by atoms with Crippen molar-refractivity contribution in [3.63, 3.8) is 0 Å². The lowest BCUT2D eigenvalue weighted by Crippen LogP contribution is -2.41. The van der Waals surface area contributed by atoms with Crippen LogP contribution in [0.1, 0.15) is 28.8 Å². The molecule has 2 heterocycles. The zero-order valence-electron chi connectivity index (χ0n) is 22.2. The molecule has 7 rings (SSSR count). The predicted molar refractivity (Wildman–Crippen MR) is 153 cm³/mol. The molecule has 0 aromatic heterocycles. The number of imide groups is 1. The SMILES string of the molecule is O=C1C=C(Br)C(=O)C2=C1C(C1=COc3ccc(O)cc3C1)C1=CCC3C(=O)N(c4ccc(C(=O)O)c(O)c4)C(=O)C3C1C2. The summed E-state index contributed by atoms with van der Waals surface area (Å²) in [5.41, 5.74) is 2.40. The molecule has 0 bridgehead atoms. The van der Waals surface area contributed by atoms with E-state index in [-0.39, 0.29) is 51.5 Å². The summed E-state index contributed by atoms with van der Waals surface area (Å²) in [5.74, 6) is -5.89. The molecule has 0 spiro atoms. The summed E-state index contributed by atoms with van der Waals surface area (Å²) in [4.78, 5) is 66.9. The number of Topliss-reactive ketones (excluding diaryl/α,β-unsaturated/α-hetero) is 1. The molecule has 5 aliphatic rings. The van der Waals surface area contributed by atoms with Crippen molar-refractivity contribution in [1.82, 2.24) is 0 Å². The zero-order valence-corrected chi connectivity index (χ0v) is 23.8. The van der Waals surface area contributed by atoms with E-state index in [9.17, 15) is 39.3 Å². The number of ketones is 2. The number of carbonyl (C=O) groups is 5. The van der Waals surface area contributed by atoms with Gasteiger partial charge < -0.3 is 20.1 Å². The number of hydrogen-bond acceptors (Lipinski definition) is 8. The van der Waals surface area contributed by atoms with Crippen LogP contribution < -0.4 is 9.64 Å². The summed E-state index contributed by atoms with van der Waals surface area (Å²) in [6, 6.07) is 8.25. The van der Waals surface area contributed by atoms with E-state index >= 15 is 0 Å². The monoisotopic (exact) mass is 643 g/mol. The number of benzene rings is 2. The van der Waals surface area contributed by atoms with Gasteiger partial charge in [0.05, 0.1) is 28.3 Å². The van der Waals surface area contributed by atoms with Crippen LogP contribution >= 0.6 is 15.9 Å². The highest BCUT2D eigenvalue weighted by Crippen LogP contribution is 2.55. The fourth-order valence-corrected chi connectivity index (χ4v) is 7.56. The number of carboxylic acid groups (broad SMARTS) is 1. The first-order valence-electron chi connectivity index (χ1n) is 13.6. The molecule has 4 unspecified atom stereocenters. The van der Waals surface area contributed by atoms with Crippen molar-refractivity contribution in [2.75, 3.05) is 4.90 Å². The van der Waals surface area contributed by atoms with Crippen LogP contribution in [-0.4, -0.2) is 44.7 Å². The Morgan fingerprint density at radius 3 is 2.53 bits per heavy atom. The first kappa shape index (κ1) is 27.1. The van der Waals surface area contributed by atoms with Crippen molar-refractivity contribution in [3.05, 3.63) is 92.7 Å². The number of halogens is 1. The molecule has 1 saturated heterocycles. The van der Waals surface area contributed by atoms with Crippen LogP contribution in [0.25, 0.3) is 0 Å². The van der Waals surface area contributed by atoms with Gasteiger partial charge in [-0.15, -0.1) is 0 Å². The molecule has 11 heteroatoms. The standard InChI is InChI=1S/C32H22BrNO9/c33-22-11-24(37)28-21(29(22)38)10-20-17(26(28)14-7-13-8-16(35)2-6-25(13)43-12-14)4-5-19-27(20)31(40)34(30(19)39)15-1-3-18(32(41)42)23(36)9-15/h1-4,6,8-9,11-12,19-20,26-27,35-36H,5,7,10H2,(H,41,42). The van der Waals surface area contributed by atoms with Gasteiger partial charge in [-0.25, -0.2) is 9.69 Å². The number of carboxylic acids is 1. The fourth-order valence-electron chi connectivity index (χ4n) is 7.11. The fraction of sp³-hybridized carbons (Fsp3) is 0.219. The van der Waals surface area contributed by atoms with Gasteiger partial charge in [0.15, 0.2) is 11.6 Å². The van der Waals surface area contributed by atoms with Crippen molar-refractivity contribution in [1.29, 1.82) is 0 Å². The Balaban J connectivity index is 1.31. The van der Waals surface area contributed by atoms with Crippen molar-refractivity contribution in [2.24, 2.45) is 23.7 Å².